The van der Waals surface area contributed by atoms with Gasteiger partial charge < -0.3 is 15.4 Å². The van der Waals surface area contributed by atoms with Gasteiger partial charge in [-0.1, -0.05) is 18.2 Å². The van der Waals surface area contributed by atoms with Crippen molar-refractivity contribution in [3.8, 4) is 0 Å². The predicted molar refractivity (Wildman–Crippen MR) is 104 cm³/mol. The van der Waals surface area contributed by atoms with E-state index in [9.17, 15) is 4.79 Å². The Bertz CT molecular complexity index is 702. The van der Waals surface area contributed by atoms with Gasteiger partial charge in [0, 0.05) is 17.1 Å². The van der Waals surface area contributed by atoms with E-state index in [4.69, 9.17) is 17.0 Å². The minimum absolute atomic E-state index is 0.339. The van der Waals surface area contributed by atoms with Crippen molar-refractivity contribution in [1.82, 2.24) is 5.32 Å². The topological polar surface area (TPSA) is 50.4 Å². The quantitative estimate of drug-likeness (QED) is 0.460. The van der Waals surface area contributed by atoms with Crippen molar-refractivity contribution in [2.24, 2.45) is 0 Å². The van der Waals surface area contributed by atoms with Gasteiger partial charge in [0.05, 0.1) is 12.2 Å². The molecule has 2 N–H and O–H groups in total. The Balaban J connectivity index is 1.89. The predicted octanol–water partition coefficient (Wildman–Crippen LogP) is 4.07. The lowest BCUT2D eigenvalue weighted by atomic mass is 10.2. The molecular weight excluding hydrogens is 340 g/mol. The van der Waals surface area contributed by atoms with Crippen LogP contribution in [0, 0.1) is 0 Å². The number of esters is 1. The van der Waals surface area contributed by atoms with E-state index in [-0.39, 0.29) is 5.97 Å². The molecule has 0 saturated carbocycles. The van der Waals surface area contributed by atoms with Crippen LogP contribution in [0.4, 0.5) is 5.69 Å². The Morgan fingerprint density at radius 2 is 1.96 bits per heavy atom. The summed E-state index contributed by atoms with van der Waals surface area (Å²) in [6, 6.07) is 15.4. The molecular formula is C18H20N2O2S2. The maximum atomic E-state index is 11.7. The van der Waals surface area contributed by atoms with Crippen molar-refractivity contribution in [3.05, 3.63) is 59.7 Å². The summed E-state index contributed by atoms with van der Waals surface area (Å²) in [6.07, 6.45) is 2.05. The molecule has 0 aliphatic heterocycles. The number of ether oxygens (including phenoxy) is 1. The number of thiocarbonyl (C=S) groups is 1. The van der Waals surface area contributed by atoms with Crippen molar-refractivity contribution in [2.75, 3.05) is 18.2 Å². The Morgan fingerprint density at radius 3 is 2.62 bits per heavy atom. The van der Waals surface area contributed by atoms with Crippen molar-refractivity contribution >= 4 is 40.7 Å². The third-order valence-electron chi connectivity index (χ3n) is 3.24. The summed E-state index contributed by atoms with van der Waals surface area (Å²) in [5.41, 5.74) is 2.39. The molecule has 2 rings (SSSR count). The number of carbonyl (C=O) groups excluding carboxylic acids is 1. The van der Waals surface area contributed by atoms with Crippen LogP contribution in [0.15, 0.2) is 53.4 Å². The van der Waals surface area contributed by atoms with Crippen LogP contribution in [0.25, 0.3) is 0 Å². The lowest BCUT2D eigenvalue weighted by molar-refractivity contribution is 0.0526. The standard InChI is InChI=1S/C18H20N2O2S2/c1-3-22-17(21)14-5-4-6-15(11-14)20-18(23)19-12-13-7-9-16(24-2)10-8-13/h4-11H,3,12H2,1-2H3,(H2,19,20,23). The summed E-state index contributed by atoms with van der Waals surface area (Å²) in [6.45, 7) is 2.77. The zero-order valence-electron chi connectivity index (χ0n) is 13.7. The molecule has 24 heavy (non-hydrogen) atoms. The largest absolute Gasteiger partial charge is 0.462 e. The number of rotatable bonds is 6. The Labute approximate surface area is 152 Å². The maximum absolute atomic E-state index is 11.7. The van der Waals surface area contributed by atoms with Gasteiger partial charge in [0.2, 0.25) is 0 Å². The molecule has 4 nitrogen and oxygen atoms in total. The van der Waals surface area contributed by atoms with Crippen LogP contribution in [0.2, 0.25) is 0 Å². The lowest BCUT2D eigenvalue weighted by Gasteiger charge is -2.11. The summed E-state index contributed by atoms with van der Waals surface area (Å²) in [5, 5.41) is 6.74. The van der Waals surface area contributed by atoms with E-state index >= 15 is 0 Å². The van der Waals surface area contributed by atoms with Gasteiger partial charge in [-0.25, -0.2) is 4.79 Å². The first-order valence-corrected chi connectivity index (χ1v) is 9.20. The molecule has 6 heteroatoms. The fourth-order valence-corrected chi connectivity index (χ4v) is 2.64. The Morgan fingerprint density at radius 1 is 1.21 bits per heavy atom. The first kappa shape index (κ1) is 18.3. The summed E-state index contributed by atoms with van der Waals surface area (Å²) >= 11 is 7.02. The number of hydrogen-bond acceptors (Lipinski definition) is 4. The summed E-state index contributed by atoms with van der Waals surface area (Å²) in [5.74, 6) is -0.339. The van der Waals surface area contributed by atoms with Crippen molar-refractivity contribution in [2.45, 2.75) is 18.4 Å². The third-order valence-corrected chi connectivity index (χ3v) is 4.23. The molecule has 0 fully saturated rings. The SMILES string of the molecule is CCOC(=O)c1cccc(NC(=S)NCc2ccc(SC)cc2)c1. The van der Waals surface area contributed by atoms with Gasteiger partial charge in [-0.15, -0.1) is 11.8 Å². The van der Waals surface area contributed by atoms with E-state index in [1.54, 1.807) is 36.9 Å². The fourth-order valence-electron chi connectivity index (χ4n) is 2.04. The normalized spacial score (nSPS) is 10.1. The molecule has 0 saturated heterocycles. The first-order chi connectivity index (χ1) is 11.6. The third kappa shape index (κ3) is 5.54. The summed E-state index contributed by atoms with van der Waals surface area (Å²) in [7, 11) is 0. The molecule has 0 amide bonds. The van der Waals surface area contributed by atoms with Crippen LogP contribution in [-0.2, 0) is 11.3 Å². The average molecular weight is 361 g/mol. The minimum Gasteiger partial charge on any atom is -0.462 e. The molecule has 2 aromatic rings. The number of benzene rings is 2. The van der Waals surface area contributed by atoms with Crippen LogP contribution in [0.1, 0.15) is 22.8 Å². The van der Waals surface area contributed by atoms with E-state index in [0.29, 0.717) is 23.8 Å². The van der Waals surface area contributed by atoms with E-state index in [2.05, 4.69) is 41.2 Å². The highest BCUT2D eigenvalue weighted by Gasteiger charge is 2.07. The monoisotopic (exact) mass is 360 g/mol. The maximum Gasteiger partial charge on any atom is 0.338 e. The number of anilines is 1. The lowest BCUT2D eigenvalue weighted by Crippen LogP contribution is -2.27. The molecule has 0 bridgehead atoms. The molecule has 0 radical (unpaired) electrons. The van der Waals surface area contributed by atoms with Gasteiger partial charge in [0.25, 0.3) is 0 Å². The number of nitrogens with one attached hydrogen (secondary N) is 2. The number of hydrogen-bond donors (Lipinski definition) is 2. The number of carbonyl (C=O) groups is 1. The van der Waals surface area contributed by atoms with E-state index in [0.717, 1.165) is 11.3 Å². The van der Waals surface area contributed by atoms with E-state index < -0.39 is 0 Å². The van der Waals surface area contributed by atoms with Gasteiger partial charge in [0.15, 0.2) is 5.11 Å². The van der Waals surface area contributed by atoms with Crippen LogP contribution >= 0.6 is 24.0 Å². The molecule has 0 unspecified atom stereocenters. The van der Waals surface area contributed by atoms with Gasteiger partial charge in [-0.2, -0.15) is 0 Å². The molecule has 0 heterocycles. The van der Waals surface area contributed by atoms with E-state index in [1.165, 1.54) is 4.90 Å². The van der Waals surface area contributed by atoms with Gasteiger partial charge in [-0.05, 0) is 61.3 Å². The highest BCUT2D eigenvalue weighted by Crippen LogP contribution is 2.15. The van der Waals surface area contributed by atoms with E-state index in [1.807, 2.05) is 6.07 Å². The molecule has 0 aliphatic rings. The van der Waals surface area contributed by atoms with Crippen molar-refractivity contribution in [3.63, 3.8) is 0 Å². The molecule has 0 aliphatic carbocycles. The second-order valence-electron chi connectivity index (χ2n) is 4.96. The zero-order chi connectivity index (χ0) is 17.4. The van der Waals surface area contributed by atoms with Gasteiger partial charge in [0.1, 0.15) is 0 Å². The summed E-state index contributed by atoms with van der Waals surface area (Å²) < 4.78 is 5.00. The highest BCUT2D eigenvalue weighted by molar-refractivity contribution is 7.98. The smallest absolute Gasteiger partial charge is 0.338 e. The molecule has 2 aromatic carbocycles. The fraction of sp³-hybridized carbons (Fsp3) is 0.222. The van der Waals surface area contributed by atoms with Crippen LogP contribution < -0.4 is 10.6 Å². The first-order valence-electron chi connectivity index (χ1n) is 7.57. The number of thioether (sulfide) groups is 1. The average Bonchev–Trinajstić information content (AvgIpc) is 2.61. The highest BCUT2D eigenvalue weighted by atomic mass is 32.2. The molecule has 0 atom stereocenters. The Hall–Kier alpha value is -2.05. The van der Waals surface area contributed by atoms with Crippen LogP contribution in [-0.4, -0.2) is 23.9 Å². The van der Waals surface area contributed by atoms with Gasteiger partial charge >= 0.3 is 5.97 Å². The van der Waals surface area contributed by atoms with Crippen LogP contribution in [0.3, 0.4) is 0 Å². The molecule has 126 valence electrons. The van der Waals surface area contributed by atoms with Crippen LogP contribution in [0.5, 0.6) is 0 Å². The second-order valence-corrected chi connectivity index (χ2v) is 6.24. The zero-order valence-corrected chi connectivity index (χ0v) is 15.3. The van der Waals surface area contributed by atoms with Gasteiger partial charge in [-0.3, -0.25) is 0 Å². The van der Waals surface area contributed by atoms with Crippen molar-refractivity contribution < 1.29 is 9.53 Å². The second kappa shape index (κ2) is 9.30. The molecule has 0 aromatic heterocycles. The minimum atomic E-state index is -0.339. The van der Waals surface area contributed by atoms with Crippen molar-refractivity contribution in [1.29, 1.82) is 0 Å². The Kier molecular flexibility index (Phi) is 7.08. The summed E-state index contributed by atoms with van der Waals surface area (Å²) in [4.78, 5) is 13.0. The molecule has 0 spiro atoms.